The van der Waals surface area contributed by atoms with Gasteiger partial charge in [0.05, 0.1) is 0 Å². The Balaban J connectivity index is 1.96. The minimum absolute atomic E-state index is 0.125. The summed E-state index contributed by atoms with van der Waals surface area (Å²) in [4.78, 5) is -0.151. The number of fused-ring (bicyclic) bond motifs is 1. The van der Waals surface area contributed by atoms with E-state index in [1.165, 1.54) is 6.07 Å². The predicted octanol–water partition coefficient (Wildman–Crippen LogP) is 6.65. The Bertz CT molecular complexity index is 1480. The van der Waals surface area contributed by atoms with Crippen molar-refractivity contribution in [2.24, 2.45) is 20.5 Å². The second-order valence-corrected chi connectivity index (χ2v) is 11.5. The van der Waals surface area contributed by atoms with Crippen molar-refractivity contribution in [1.29, 1.82) is 0 Å². The number of nitrogens with one attached hydrogen (secondary N) is 1. The average Bonchev–Trinajstić information content (AvgIpc) is 2.82. The summed E-state index contributed by atoms with van der Waals surface area (Å²) in [5, 5.41) is 31.7. The van der Waals surface area contributed by atoms with Crippen LogP contribution < -0.4 is 5.32 Å². The summed E-state index contributed by atoms with van der Waals surface area (Å²) in [5.41, 5.74) is 2.06. The van der Waals surface area contributed by atoms with Crippen molar-refractivity contribution < 1.29 is 32.1 Å². The first-order valence-corrected chi connectivity index (χ1v) is 13.6. The number of phenols is 1. The van der Waals surface area contributed by atoms with Crippen molar-refractivity contribution >= 4 is 46.8 Å². The first-order chi connectivity index (χ1) is 15.9. The van der Waals surface area contributed by atoms with E-state index in [9.17, 15) is 13.5 Å². The van der Waals surface area contributed by atoms with Gasteiger partial charge in [-0.15, -0.1) is 0 Å². The van der Waals surface area contributed by atoms with Gasteiger partial charge in [0.2, 0.25) is 0 Å². The van der Waals surface area contributed by atoms with Gasteiger partial charge in [-0.1, -0.05) is 0 Å². The molecule has 4 aromatic carbocycles. The summed E-state index contributed by atoms with van der Waals surface area (Å²) >= 11 is 0.970. The van der Waals surface area contributed by atoms with Gasteiger partial charge < -0.3 is 0 Å². The van der Waals surface area contributed by atoms with E-state index in [-0.39, 0.29) is 16.3 Å². The van der Waals surface area contributed by atoms with E-state index in [4.69, 9.17) is 0 Å². The van der Waals surface area contributed by atoms with Crippen LogP contribution in [-0.2, 0) is 26.1 Å². The molecule has 0 heterocycles. The van der Waals surface area contributed by atoms with E-state index >= 15 is 0 Å². The molecule has 0 aliphatic heterocycles. The Morgan fingerprint density at radius 1 is 0.758 bits per heavy atom. The Morgan fingerprint density at radius 3 is 1.82 bits per heavy atom. The number of hydrogen-bond donors (Lipinski definition) is 2. The van der Waals surface area contributed by atoms with Crippen LogP contribution in [0, 0.1) is 0 Å². The maximum absolute atomic E-state index is 12.6. The van der Waals surface area contributed by atoms with Crippen LogP contribution in [0.4, 0.5) is 28.4 Å². The summed E-state index contributed by atoms with van der Waals surface area (Å²) in [6, 6.07) is 22.9. The van der Waals surface area contributed by atoms with E-state index in [1.54, 1.807) is 55.6 Å². The molecule has 0 aliphatic rings. The molecule has 2 N–H and O–H groups in total. The van der Waals surface area contributed by atoms with Gasteiger partial charge in [0.1, 0.15) is 0 Å². The molecule has 4 aromatic rings. The zero-order valence-corrected chi connectivity index (χ0v) is 20.2. The van der Waals surface area contributed by atoms with Gasteiger partial charge in [-0.05, 0) is 0 Å². The molecule has 33 heavy (non-hydrogen) atoms. The summed E-state index contributed by atoms with van der Waals surface area (Å²) < 4.78 is 25.3. The fourth-order valence-corrected chi connectivity index (χ4v) is 4.78. The molecule has 0 spiro atoms. The van der Waals surface area contributed by atoms with Crippen molar-refractivity contribution in [3.8, 4) is 5.75 Å². The Hall–Kier alpha value is -3.42. The molecule has 0 saturated carbocycles. The fraction of sp³-hybridized carbons (Fsp3) is 0.0435. The van der Waals surface area contributed by atoms with Crippen LogP contribution in [0.25, 0.3) is 10.8 Å². The first kappa shape index (κ1) is 22.8. The molecule has 0 amide bonds. The second-order valence-electron chi connectivity index (χ2n) is 6.90. The molecule has 0 fully saturated rings. The zero-order chi connectivity index (χ0) is 23.4. The minimum atomic E-state index is -3.75. The molecule has 0 bridgehead atoms. The SMILES string of the molecule is CNc1ccc2c(O)c(/N=N/c3ccccc3)c([S](=O)(=O)[Mo])cc2c1/N=N/c1ccccc1. The van der Waals surface area contributed by atoms with Crippen molar-refractivity contribution in [2.75, 3.05) is 12.4 Å². The number of phenolic OH excluding ortho intramolecular Hbond substituents is 1. The Morgan fingerprint density at radius 2 is 1.30 bits per heavy atom. The molecular formula is C23H18MoN5O3S. The molecule has 165 valence electrons. The Kier molecular flexibility index (Phi) is 6.62. The molecule has 10 heteroatoms. The van der Waals surface area contributed by atoms with Crippen molar-refractivity contribution in [2.45, 2.75) is 4.90 Å². The van der Waals surface area contributed by atoms with Gasteiger partial charge in [-0.2, -0.15) is 0 Å². The number of aromatic hydroxyl groups is 1. The summed E-state index contributed by atoms with van der Waals surface area (Å²) in [6.45, 7) is 0. The van der Waals surface area contributed by atoms with Crippen LogP contribution in [0.3, 0.4) is 0 Å². The number of hydrogen-bond acceptors (Lipinski definition) is 8. The van der Waals surface area contributed by atoms with E-state index in [2.05, 4.69) is 25.8 Å². The van der Waals surface area contributed by atoms with Gasteiger partial charge in [0, 0.05) is 0 Å². The number of rotatable bonds is 6. The predicted molar refractivity (Wildman–Crippen MR) is 124 cm³/mol. The number of azo groups is 2. The first-order valence-electron chi connectivity index (χ1n) is 9.78. The molecule has 0 unspecified atom stereocenters. The van der Waals surface area contributed by atoms with Gasteiger partial charge in [-0.25, -0.2) is 0 Å². The van der Waals surface area contributed by atoms with E-state index < -0.39 is 7.54 Å². The third-order valence-corrected chi connectivity index (χ3v) is 6.96. The van der Waals surface area contributed by atoms with E-state index in [1.807, 2.05) is 24.3 Å². The van der Waals surface area contributed by atoms with Gasteiger partial charge in [0.15, 0.2) is 0 Å². The monoisotopic (exact) mass is 542 g/mol. The van der Waals surface area contributed by atoms with Crippen LogP contribution in [0.15, 0.2) is 104 Å². The molecule has 8 nitrogen and oxygen atoms in total. The Labute approximate surface area is 200 Å². The number of nitrogens with zero attached hydrogens (tertiary/aromatic N) is 4. The molecule has 0 saturated heterocycles. The van der Waals surface area contributed by atoms with Crippen LogP contribution in [0.2, 0.25) is 0 Å². The molecule has 0 radical (unpaired) electrons. The molecule has 0 aliphatic carbocycles. The van der Waals surface area contributed by atoms with Crippen LogP contribution in [0.5, 0.6) is 5.75 Å². The zero-order valence-electron chi connectivity index (χ0n) is 17.4. The average molecular weight is 540 g/mol. The quantitative estimate of drug-likeness (QED) is 0.210. The van der Waals surface area contributed by atoms with E-state index in [0.29, 0.717) is 33.5 Å². The fourth-order valence-electron chi connectivity index (χ4n) is 3.21. The summed E-state index contributed by atoms with van der Waals surface area (Å²) in [6.07, 6.45) is 0. The third kappa shape index (κ3) is 4.99. The number of benzene rings is 4. The van der Waals surface area contributed by atoms with Crippen molar-refractivity contribution in [3.63, 3.8) is 0 Å². The standard InChI is InChI=1S/C23H18N5O3S.Mo/c1-24-19-13-12-17-18(21(19)27-25-15-8-4-2-5-9-15)14-20(32(30)31)22(23(17)29)28-26-16-10-6-3-7-11-16;/h2-14,24,29H,1H3;/b27-25+,28-26+;. The van der Waals surface area contributed by atoms with Crippen molar-refractivity contribution in [3.05, 3.63) is 78.9 Å². The topological polar surface area (TPSA) is 116 Å². The maximum atomic E-state index is 12.6. The van der Waals surface area contributed by atoms with Crippen LogP contribution in [0.1, 0.15) is 0 Å². The molecule has 0 atom stereocenters. The van der Waals surface area contributed by atoms with Gasteiger partial charge in [0.25, 0.3) is 0 Å². The van der Waals surface area contributed by atoms with Crippen LogP contribution in [-0.4, -0.2) is 20.6 Å². The summed E-state index contributed by atoms with van der Waals surface area (Å²) in [5.74, 6) is -0.298. The number of anilines is 1. The molecule has 4 rings (SSSR count). The second kappa shape index (κ2) is 9.60. The van der Waals surface area contributed by atoms with Crippen molar-refractivity contribution in [1.82, 2.24) is 0 Å². The van der Waals surface area contributed by atoms with E-state index in [0.717, 1.165) is 18.5 Å². The molecule has 0 aromatic heterocycles. The third-order valence-electron chi connectivity index (χ3n) is 4.79. The summed E-state index contributed by atoms with van der Waals surface area (Å²) in [7, 11) is -2.03. The normalized spacial score (nSPS) is 12.0. The molecular weight excluding hydrogens is 522 g/mol. The van der Waals surface area contributed by atoms with Gasteiger partial charge >= 0.3 is 201 Å². The van der Waals surface area contributed by atoms with Crippen LogP contribution >= 0.6 is 0 Å². The van der Waals surface area contributed by atoms with Gasteiger partial charge in [-0.3, -0.25) is 0 Å².